The Morgan fingerprint density at radius 2 is 1.43 bits per heavy atom. The molecule has 1 amide bonds. The van der Waals surface area contributed by atoms with E-state index in [1.54, 1.807) is 36.4 Å². The smallest absolute Gasteiger partial charge is 0.268 e. The zero-order chi connectivity index (χ0) is 21.4. The highest BCUT2D eigenvalue weighted by molar-refractivity contribution is 7.93. The Hall–Kier alpha value is -3.01. The first kappa shape index (κ1) is 20.3. The van der Waals surface area contributed by atoms with Gasteiger partial charge in [0.1, 0.15) is 4.21 Å². The summed E-state index contributed by atoms with van der Waals surface area (Å²) in [7, 11) is -8.10. The first-order valence-electron chi connectivity index (χ1n) is 8.73. The van der Waals surface area contributed by atoms with Gasteiger partial charge in [0.25, 0.3) is 15.9 Å². The number of carbonyl (C=O) groups excluding carboxylic acids is 1. The average molecular weight is 458 g/mol. The van der Waals surface area contributed by atoms with E-state index in [1.807, 2.05) is 22.9 Å². The summed E-state index contributed by atoms with van der Waals surface area (Å²) in [4.78, 5) is 12.6. The van der Waals surface area contributed by atoms with Gasteiger partial charge in [0.05, 0.1) is 9.79 Å². The van der Waals surface area contributed by atoms with Crippen molar-refractivity contribution in [2.75, 3.05) is 0 Å². The molecule has 152 valence electrons. The quantitative estimate of drug-likeness (QED) is 0.491. The molecule has 0 aliphatic carbocycles. The van der Waals surface area contributed by atoms with Crippen LogP contribution in [0.4, 0.5) is 0 Å². The fourth-order valence-electron chi connectivity index (χ4n) is 2.97. The molecular weight excluding hydrogens is 442 g/mol. The maximum Gasteiger partial charge on any atom is 0.273 e. The summed E-state index contributed by atoms with van der Waals surface area (Å²) in [5, 5.41) is 2.67. The van der Waals surface area contributed by atoms with Gasteiger partial charge in [0.2, 0.25) is 9.84 Å². The second kappa shape index (κ2) is 7.67. The van der Waals surface area contributed by atoms with Gasteiger partial charge in [-0.1, -0.05) is 54.6 Å². The number of sulfone groups is 1. The van der Waals surface area contributed by atoms with E-state index in [1.165, 1.54) is 23.6 Å². The van der Waals surface area contributed by atoms with Gasteiger partial charge in [-0.3, -0.25) is 4.79 Å². The Balaban J connectivity index is 1.64. The highest BCUT2D eigenvalue weighted by atomic mass is 32.2. The standard InChI is InChI=1S/C21H15NO5S3/c23-21(19-12-6-8-15-7-4-5-11-18(15)19)22-30(26,27)20-13-17(14-28-20)29(24,25)16-9-2-1-3-10-16/h1-14H,(H,22,23). The number of amides is 1. The van der Waals surface area contributed by atoms with E-state index in [0.29, 0.717) is 5.39 Å². The average Bonchev–Trinajstić information content (AvgIpc) is 3.26. The van der Waals surface area contributed by atoms with Crippen LogP contribution in [0.3, 0.4) is 0 Å². The molecule has 1 heterocycles. The first-order valence-corrected chi connectivity index (χ1v) is 12.6. The molecule has 0 aliphatic rings. The summed E-state index contributed by atoms with van der Waals surface area (Å²) in [5.41, 5.74) is 0.213. The van der Waals surface area contributed by atoms with Crippen molar-refractivity contribution in [1.82, 2.24) is 4.72 Å². The zero-order valence-corrected chi connectivity index (χ0v) is 17.8. The van der Waals surface area contributed by atoms with E-state index in [-0.39, 0.29) is 19.6 Å². The van der Waals surface area contributed by atoms with Crippen molar-refractivity contribution in [2.24, 2.45) is 0 Å². The molecule has 30 heavy (non-hydrogen) atoms. The van der Waals surface area contributed by atoms with E-state index in [0.717, 1.165) is 22.8 Å². The zero-order valence-electron chi connectivity index (χ0n) is 15.3. The van der Waals surface area contributed by atoms with Crippen LogP contribution in [0.15, 0.2) is 98.2 Å². The molecule has 1 N–H and O–H groups in total. The molecular formula is C21H15NO5S3. The predicted octanol–water partition coefficient (Wildman–Crippen LogP) is 3.85. The lowest BCUT2D eigenvalue weighted by atomic mass is 10.0. The van der Waals surface area contributed by atoms with Gasteiger partial charge in [-0.05, 0) is 35.0 Å². The van der Waals surface area contributed by atoms with Crippen molar-refractivity contribution in [2.45, 2.75) is 14.0 Å². The molecule has 6 nitrogen and oxygen atoms in total. The Morgan fingerprint density at radius 1 is 0.767 bits per heavy atom. The monoisotopic (exact) mass is 457 g/mol. The summed E-state index contributed by atoms with van der Waals surface area (Å²) in [6.07, 6.45) is 0. The highest BCUT2D eigenvalue weighted by Crippen LogP contribution is 2.28. The van der Waals surface area contributed by atoms with Gasteiger partial charge in [0, 0.05) is 10.9 Å². The van der Waals surface area contributed by atoms with E-state index in [9.17, 15) is 21.6 Å². The van der Waals surface area contributed by atoms with Crippen LogP contribution in [0.5, 0.6) is 0 Å². The lowest BCUT2D eigenvalue weighted by molar-refractivity contribution is 0.0983. The molecule has 0 bridgehead atoms. The molecule has 9 heteroatoms. The molecule has 0 saturated heterocycles. The van der Waals surface area contributed by atoms with Crippen LogP contribution in [0.1, 0.15) is 10.4 Å². The Morgan fingerprint density at radius 3 is 2.20 bits per heavy atom. The molecule has 0 saturated carbocycles. The molecule has 3 aromatic carbocycles. The second-order valence-corrected chi connectivity index (χ2v) is 11.1. The van der Waals surface area contributed by atoms with Crippen molar-refractivity contribution < 1.29 is 21.6 Å². The Kier molecular flexibility index (Phi) is 5.19. The second-order valence-electron chi connectivity index (χ2n) is 6.38. The van der Waals surface area contributed by atoms with Gasteiger partial charge in [-0.25, -0.2) is 21.6 Å². The number of carbonyl (C=O) groups is 1. The van der Waals surface area contributed by atoms with Gasteiger partial charge in [0.15, 0.2) is 0 Å². The fraction of sp³-hybridized carbons (Fsp3) is 0. The minimum absolute atomic E-state index is 0.0616. The third-order valence-electron chi connectivity index (χ3n) is 4.44. The minimum Gasteiger partial charge on any atom is -0.268 e. The molecule has 0 radical (unpaired) electrons. The molecule has 0 aliphatic heterocycles. The molecule has 0 unspecified atom stereocenters. The summed E-state index contributed by atoms with van der Waals surface area (Å²) < 4.78 is 52.6. The Bertz CT molecular complexity index is 1450. The summed E-state index contributed by atoms with van der Waals surface area (Å²) in [6.45, 7) is 0. The van der Waals surface area contributed by atoms with Crippen LogP contribution in [0, 0.1) is 0 Å². The number of fused-ring (bicyclic) bond motifs is 1. The van der Waals surface area contributed by atoms with Gasteiger partial charge < -0.3 is 0 Å². The summed E-state index contributed by atoms with van der Waals surface area (Å²) in [6, 6.07) is 20.9. The fourth-order valence-corrected chi connectivity index (χ4v) is 6.84. The maximum atomic E-state index is 12.7. The topological polar surface area (TPSA) is 97.4 Å². The first-order chi connectivity index (χ1) is 14.3. The van der Waals surface area contributed by atoms with Crippen molar-refractivity contribution in [3.63, 3.8) is 0 Å². The number of nitrogens with one attached hydrogen (secondary N) is 1. The van der Waals surface area contributed by atoms with Crippen molar-refractivity contribution in [1.29, 1.82) is 0 Å². The Labute approximate surface area is 177 Å². The molecule has 1 aromatic heterocycles. The van der Waals surface area contributed by atoms with Crippen molar-refractivity contribution >= 4 is 47.9 Å². The summed E-state index contributed by atoms with van der Waals surface area (Å²) >= 11 is 0.737. The normalized spacial score (nSPS) is 12.0. The predicted molar refractivity (Wildman–Crippen MR) is 115 cm³/mol. The van der Waals surface area contributed by atoms with E-state index < -0.39 is 25.8 Å². The molecule has 0 atom stereocenters. The van der Waals surface area contributed by atoms with Crippen LogP contribution in [0.2, 0.25) is 0 Å². The number of benzene rings is 3. The van der Waals surface area contributed by atoms with E-state index >= 15 is 0 Å². The van der Waals surface area contributed by atoms with Crippen LogP contribution < -0.4 is 4.72 Å². The van der Waals surface area contributed by atoms with Gasteiger partial charge >= 0.3 is 0 Å². The van der Waals surface area contributed by atoms with Crippen LogP contribution >= 0.6 is 11.3 Å². The van der Waals surface area contributed by atoms with Gasteiger partial charge in [-0.2, -0.15) is 0 Å². The molecule has 4 aromatic rings. The SMILES string of the molecule is O=C(NS(=O)(=O)c1cc(S(=O)(=O)c2ccccc2)cs1)c1cccc2ccccc12. The number of sulfonamides is 1. The molecule has 0 fully saturated rings. The third-order valence-corrected chi connectivity index (χ3v) is 9.11. The largest absolute Gasteiger partial charge is 0.273 e. The highest BCUT2D eigenvalue weighted by Gasteiger charge is 2.26. The number of rotatable bonds is 5. The van der Waals surface area contributed by atoms with Crippen molar-refractivity contribution in [3.05, 3.63) is 89.8 Å². The van der Waals surface area contributed by atoms with Gasteiger partial charge in [-0.15, -0.1) is 11.3 Å². The van der Waals surface area contributed by atoms with Crippen LogP contribution in [-0.2, 0) is 19.9 Å². The summed E-state index contributed by atoms with van der Waals surface area (Å²) in [5.74, 6) is -0.785. The van der Waals surface area contributed by atoms with E-state index in [2.05, 4.69) is 0 Å². The number of hydrogen-bond acceptors (Lipinski definition) is 6. The maximum absolute atomic E-state index is 12.7. The van der Waals surface area contributed by atoms with Crippen LogP contribution in [0.25, 0.3) is 10.8 Å². The number of hydrogen-bond donors (Lipinski definition) is 1. The third kappa shape index (κ3) is 3.74. The molecule has 4 rings (SSSR count). The minimum atomic E-state index is -4.24. The van der Waals surface area contributed by atoms with Crippen LogP contribution in [-0.4, -0.2) is 22.7 Å². The van der Waals surface area contributed by atoms with Crippen molar-refractivity contribution in [3.8, 4) is 0 Å². The number of thiophene rings is 1. The van der Waals surface area contributed by atoms with E-state index in [4.69, 9.17) is 0 Å². The molecule has 0 spiro atoms. The lowest BCUT2D eigenvalue weighted by Gasteiger charge is -2.08. The lowest BCUT2D eigenvalue weighted by Crippen LogP contribution is -2.30.